The molecule has 2 aliphatic rings. The number of nitrogens with one attached hydrogen (secondary N) is 1. The van der Waals surface area contributed by atoms with Crippen LogP contribution in [0.3, 0.4) is 0 Å². The SMILES string of the molecule is C[C@@H](NCc1csc([C@@H]2CCCO2)n1)c1ccc2c(c1)OCCO2. The van der Waals surface area contributed by atoms with Crippen LogP contribution in [0.15, 0.2) is 23.6 Å². The average molecular weight is 346 g/mol. The number of hydrogen-bond donors (Lipinski definition) is 1. The molecule has 1 aromatic carbocycles. The van der Waals surface area contributed by atoms with Gasteiger partial charge in [0.15, 0.2) is 11.5 Å². The Morgan fingerprint density at radius 1 is 1.25 bits per heavy atom. The van der Waals surface area contributed by atoms with E-state index in [0.29, 0.717) is 13.2 Å². The molecule has 2 aromatic rings. The zero-order chi connectivity index (χ0) is 16.4. The standard InChI is InChI=1S/C18H22N2O3S/c1-12(13-4-5-15-17(9-13)23-8-7-22-15)19-10-14-11-24-18(20-14)16-3-2-6-21-16/h4-5,9,11-12,16,19H,2-3,6-8,10H2,1H3/t12-,16+/m1/s1. The zero-order valence-electron chi connectivity index (χ0n) is 13.8. The molecule has 5 nitrogen and oxygen atoms in total. The van der Waals surface area contributed by atoms with E-state index in [1.54, 1.807) is 11.3 Å². The molecule has 0 unspecified atom stereocenters. The van der Waals surface area contributed by atoms with E-state index in [-0.39, 0.29) is 12.1 Å². The van der Waals surface area contributed by atoms with Gasteiger partial charge in [0.25, 0.3) is 0 Å². The van der Waals surface area contributed by atoms with Crippen LogP contribution < -0.4 is 14.8 Å². The third-order valence-corrected chi connectivity index (χ3v) is 5.42. The molecule has 1 saturated heterocycles. The predicted octanol–water partition coefficient (Wildman–Crippen LogP) is 3.62. The molecule has 1 fully saturated rings. The Bertz CT molecular complexity index is 697. The molecule has 128 valence electrons. The predicted molar refractivity (Wildman–Crippen MR) is 92.7 cm³/mol. The Kier molecular flexibility index (Phi) is 4.69. The second kappa shape index (κ2) is 7.09. The lowest BCUT2D eigenvalue weighted by Gasteiger charge is -2.21. The van der Waals surface area contributed by atoms with Crippen LogP contribution in [0.25, 0.3) is 0 Å². The van der Waals surface area contributed by atoms with Crippen LogP contribution in [0.2, 0.25) is 0 Å². The topological polar surface area (TPSA) is 52.6 Å². The number of fused-ring (bicyclic) bond motifs is 1. The smallest absolute Gasteiger partial charge is 0.161 e. The van der Waals surface area contributed by atoms with Gasteiger partial charge in [-0.2, -0.15) is 0 Å². The van der Waals surface area contributed by atoms with Gasteiger partial charge in [-0.3, -0.25) is 0 Å². The molecule has 6 heteroatoms. The monoisotopic (exact) mass is 346 g/mol. The van der Waals surface area contributed by atoms with Gasteiger partial charge < -0.3 is 19.5 Å². The van der Waals surface area contributed by atoms with Crippen molar-refractivity contribution in [3.05, 3.63) is 39.8 Å². The van der Waals surface area contributed by atoms with Gasteiger partial charge in [-0.05, 0) is 37.5 Å². The third-order valence-electron chi connectivity index (χ3n) is 4.43. The van der Waals surface area contributed by atoms with Crippen LogP contribution in [-0.2, 0) is 11.3 Å². The molecule has 3 heterocycles. The lowest BCUT2D eigenvalue weighted by molar-refractivity contribution is 0.111. The number of rotatable bonds is 5. The molecule has 24 heavy (non-hydrogen) atoms. The summed E-state index contributed by atoms with van der Waals surface area (Å²) >= 11 is 1.70. The maximum atomic E-state index is 5.70. The van der Waals surface area contributed by atoms with Gasteiger partial charge >= 0.3 is 0 Å². The molecule has 1 N–H and O–H groups in total. The molecule has 2 aliphatic heterocycles. The quantitative estimate of drug-likeness (QED) is 0.896. The minimum absolute atomic E-state index is 0.207. The maximum Gasteiger partial charge on any atom is 0.161 e. The molecule has 1 aromatic heterocycles. The van der Waals surface area contributed by atoms with Crippen LogP contribution in [0.4, 0.5) is 0 Å². The summed E-state index contributed by atoms with van der Waals surface area (Å²) in [5.41, 5.74) is 2.27. The minimum Gasteiger partial charge on any atom is -0.486 e. The zero-order valence-corrected chi connectivity index (χ0v) is 14.6. The van der Waals surface area contributed by atoms with Gasteiger partial charge in [0, 0.05) is 24.6 Å². The first-order valence-electron chi connectivity index (χ1n) is 8.48. The normalized spacial score (nSPS) is 21.0. The average Bonchev–Trinajstić information content (AvgIpc) is 3.30. The molecule has 0 amide bonds. The van der Waals surface area contributed by atoms with Crippen molar-refractivity contribution >= 4 is 11.3 Å². The molecular formula is C18H22N2O3S. The maximum absolute atomic E-state index is 5.70. The van der Waals surface area contributed by atoms with E-state index in [1.807, 2.05) is 6.07 Å². The van der Waals surface area contributed by atoms with Gasteiger partial charge in [0.05, 0.1) is 5.69 Å². The fourth-order valence-corrected chi connectivity index (χ4v) is 3.93. The number of benzene rings is 1. The molecule has 4 rings (SSSR count). The number of nitrogens with zero attached hydrogens (tertiary/aromatic N) is 1. The molecule has 2 atom stereocenters. The van der Waals surface area contributed by atoms with E-state index in [1.165, 1.54) is 5.56 Å². The van der Waals surface area contributed by atoms with Gasteiger partial charge in [-0.15, -0.1) is 11.3 Å². The van der Waals surface area contributed by atoms with Crippen LogP contribution in [0.1, 0.15) is 48.2 Å². The van der Waals surface area contributed by atoms with Crippen LogP contribution >= 0.6 is 11.3 Å². The summed E-state index contributed by atoms with van der Waals surface area (Å²) in [7, 11) is 0. The van der Waals surface area contributed by atoms with Gasteiger partial charge in [-0.25, -0.2) is 4.98 Å². The third kappa shape index (κ3) is 3.41. The largest absolute Gasteiger partial charge is 0.486 e. The van der Waals surface area contributed by atoms with E-state index in [0.717, 1.165) is 48.2 Å². The van der Waals surface area contributed by atoms with E-state index in [4.69, 9.17) is 19.2 Å². The number of hydrogen-bond acceptors (Lipinski definition) is 6. The van der Waals surface area contributed by atoms with Crippen molar-refractivity contribution in [2.45, 2.75) is 38.5 Å². The summed E-state index contributed by atoms with van der Waals surface area (Å²) in [5, 5.41) is 6.77. The molecule has 0 aliphatic carbocycles. The van der Waals surface area contributed by atoms with Crippen molar-refractivity contribution in [3.63, 3.8) is 0 Å². The second-order valence-electron chi connectivity index (χ2n) is 6.18. The van der Waals surface area contributed by atoms with Crippen molar-refractivity contribution in [2.75, 3.05) is 19.8 Å². The first kappa shape index (κ1) is 15.9. The highest BCUT2D eigenvalue weighted by molar-refractivity contribution is 7.09. The summed E-state index contributed by atoms with van der Waals surface area (Å²) in [6.45, 7) is 5.00. The summed E-state index contributed by atoms with van der Waals surface area (Å²) in [5.74, 6) is 1.67. The van der Waals surface area contributed by atoms with E-state index in [2.05, 4.69) is 29.8 Å². The van der Waals surface area contributed by atoms with Gasteiger partial charge in [-0.1, -0.05) is 6.07 Å². The lowest BCUT2D eigenvalue weighted by Crippen LogP contribution is -2.19. The summed E-state index contributed by atoms with van der Waals surface area (Å²) in [4.78, 5) is 4.71. The molecule has 0 saturated carbocycles. The number of thiazole rings is 1. The highest BCUT2D eigenvalue weighted by Crippen LogP contribution is 2.33. The van der Waals surface area contributed by atoms with Crippen molar-refractivity contribution in [1.29, 1.82) is 0 Å². The minimum atomic E-state index is 0.207. The Hall–Kier alpha value is -1.63. The highest BCUT2D eigenvalue weighted by atomic mass is 32.1. The van der Waals surface area contributed by atoms with Gasteiger partial charge in [0.2, 0.25) is 0 Å². The summed E-state index contributed by atoms with van der Waals surface area (Å²) in [6, 6.07) is 6.35. The van der Waals surface area contributed by atoms with Crippen molar-refractivity contribution in [3.8, 4) is 11.5 Å². The Morgan fingerprint density at radius 3 is 2.96 bits per heavy atom. The van der Waals surface area contributed by atoms with Crippen molar-refractivity contribution in [2.24, 2.45) is 0 Å². The van der Waals surface area contributed by atoms with Gasteiger partial charge in [0.1, 0.15) is 24.3 Å². The number of ether oxygens (including phenoxy) is 3. The van der Waals surface area contributed by atoms with Crippen LogP contribution in [-0.4, -0.2) is 24.8 Å². The van der Waals surface area contributed by atoms with E-state index < -0.39 is 0 Å². The second-order valence-corrected chi connectivity index (χ2v) is 7.07. The summed E-state index contributed by atoms with van der Waals surface area (Å²) < 4.78 is 16.9. The summed E-state index contributed by atoms with van der Waals surface area (Å²) in [6.07, 6.45) is 2.44. The molecule has 0 bridgehead atoms. The Balaban J connectivity index is 1.37. The number of aromatic nitrogens is 1. The first-order chi connectivity index (χ1) is 11.8. The van der Waals surface area contributed by atoms with Crippen molar-refractivity contribution in [1.82, 2.24) is 10.3 Å². The van der Waals surface area contributed by atoms with E-state index in [9.17, 15) is 0 Å². The van der Waals surface area contributed by atoms with E-state index >= 15 is 0 Å². The lowest BCUT2D eigenvalue weighted by atomic mass is 10.1. The fraction of sp³-hybridized carbons (Fsp3) is 0.500. The first-order valence-corrected chi connectivity index (χ1v) is 9.36. The molecular weight excluding hydrogens is 324 g/mol. The Labute approximate surface area is 146 Å². The Morgan fingerprint density at radius 2 is 2.12 bits per heavy atom. The van der Waals surface area contributed by atoms with Crippen molar-refractivity contribution < 1.29 is 14.2 Å². The highest BCUT2D eigenvalue weighted by Gasteiger charge is 2.21. The fourth-order valence-electron chi connectivity index (χ4n) is 3.03. The van der Waals surface area contributed by atoms with Crippen LogP contribution in [0.5, 0.6) is 11.5 Å². The molecule has 0 radical (unpaired) electrons. The van der Waals surface area contributed by atoms with Crippen LogP contribution in [0, 0.1) is 0 Å². The molecule has 0 spiro atoms.